The number of halogens is 1. The molecule has 3 rings (SSSR count). The van der Waals surface area contributed by atoms with Gasteiger partial charge in [-0.15, -0.1) is 10.2 Å². The minimum atomic E-state index is 0.711. The van der Waals surface area contributed by atoms with Crippen LogP contribution >= 0.6 is 11.6 Å². The van der Waals surface area contributed by atoms with Gasteiger partial charge in [0.1, 0.15) is 11.5 Å². The summed E-state index contributed by atoms with van der Waals surface area (Å²) in [7, 11) is 0. The number of hydrogen-bond donors (Lipinski definition) is 0. The van der Waals surface area contributed by atoms with Crippen LogP contribution in [0.25, 0.3) is 11.3 Å². The third kappa shape index (κ3) is 2.75. The van der Waals surface area contributed by atoms with Crippen LogP contribution in [0.1, 0.15) is 25.1 Å². The molecule has 0 atom stereocenters. The van der Waals surface area contributed by atoms with Crippen molar-refractivity contribution in [1.82, 2.24) is 15.2 Å². The van der Waals surface area contributed by atoms with Crippen molar-refractivity contribution in [2.24, 2.45) is 0 Å². The van der Waals surface area contributed by atoms with Gasteiger partial charge >= 0.3 is 0 Å². The molecule has 1 saturated heterocycles. The Kier molecular flexibility index (Phi) is 3.83. The number of hydrogen-bond acceptors (Lipinski definition) is 4. The van der Waals surface area contributed by atoms with Crippen LogP contribution in [-0.4, -0.2) is 28.3 Å². The Morgan fingerprint density at radius 2 is 1.70 bits per heavy atom. The Bertz CT molecular complexity index is 591. The lowest BCUT2D eigenvalue weighted by Crippen LogP contribution is -2.31. The van der Waals surface area contributed by atoms with Crippen LogP contribution < -0.4 is 4.90 Å². The van der Waals surface area contributed by atoms with Crippen molar-refractivity contribution < 1.29 is 0 Å². The van der Waals surface area contributed by atoms with E-state index in [1.165, 1.54) is 19.3 Å². The van der Waals surface area contributed by atoms with Gasteiger partial charge in [-0.1, -0.05) is 23.7 Å². The zero-order valence-corrected chi connectivity index (χ0v) is 12.3. The number of piperidine rings is 1. The van der Waals surface area contributed by atoms with Crippen molar-refractivity contribution in [2.75, 3.05) is 18.0 Å². The molecule has 104 valence electrons. The van der Waals surface area contributed by atoms with Gasteiger partial charge in [-0.3, -0.25) is 0 Å². The lowest BCUT2D eigenvalue weighted by atomic mass is 10.1. The van der Waals surface area contributed by atoms with Crippen LogP contribution in [0.3, 0.4) is 0 Å². The quantitative estimate of drug-likeness (QED) is 0.848. The summed E-state index contributed by atoms with van der Waals surface area (Å²) in [6.45, 7) is 3.96. The highest BCUT2D eigenvalue weighted by Crippen LogP contribution is 2.29. The second-order valence-electron chi connectivity index (χ2n) is 5.09. The first-order valence-electron chi connectivity index (χ1n) is 6.96. The Labute approximate surface area is 123 Å². The summed E-state index contributed by atoms with van der Waals surface area (Å²) < 4.78 is 0. The Morgan fingerprint density at radius 1 is 1.00 bits per heavy atom. The van der Waals surface area contributed by atoms with Gasteiger partial charge in [-0.05, 0) is 38.3 Å². The summed E-state index contributed by atoms with van der Waals surface area (Å²) in [5.41, 5.74) is 1.85. The molecule has 1 fully saturated rings. The molecule has 1 aromatic carbocycles. The average Bonchev–Trinajstić information content (AvgIpc) is 2.49. The van der Waals surface area contributed by atoms with E-state index in [9.17, 15) is 0 Å². The molecule has 5 heteroatoms. The lowest BCUT2D eigenvalue weighted by Gasteiger charge is -2.28. The van der Waals surface area contributed by atoms with Crippen LogP contribution in [-0.2, 0) is 0 Å². The molecular weight excluding hydrogens is 272 g/mol. The molecule has 1 aliphatic rings. The van der Waals surface area contributed by atoms with E-state index in [0.29, 0.717) is 5.82 Å². The molecule has 4 nitrogen and oxygen atoms in total. The van der Waals surface area contributed by atoms with E-state index >= 15 is 0 Å². The third-order valence-corrected chi connectivity index (χ3v) is 3.80. The lowest BCUT2D eigenvalue weighted by molar-refractivity contribution is 0.571. The van der Waals surface area contributed by atoms with Crippen LogP contribution in [0.15, 0.2) is 24.3 Å². The van der Waals surface area contributed by atoms with Crippen molar-refractivity contribution in [3.05, 3.63) is 35.1 Å². The smallest absolute Gasteiger partial charge is 0.159 e. The molecule has 2 aromatic rings. The van der Waals surface area contributed by atoms with E-state index in [0.717, 1.165) is 35.2 Å². The van der Waals surface area contributed by atoms with Gasteiger partial charge in [-0.2, -0.15) is 0 Å². The number of aryl methyl sites for hydroxylation is 1. The molecule has 0 bridgehead atoms. The zero-order chi connectivity index (χ0) is 13.9. The second kappa shape index (κ2) is 5.75. The van der Waals surface area contributed by atoms with E-state index in [1.54, 1.807) is 0 Å². The monoisotopic (exact) mass is 288 g/mol. The van der Waals surface area contributed by atoms with Crippen molar-refractivity contribution in [2.45, 2.75) is 26.2 Å². The van der Waals surface area contributed by atoms with Gasteiger partial charge in [0.15, 0.2) is 5.82 Å². The summed E-state index contributed by atoms with van der Waals surface area (Å²) in [5, 5.41) is 9.19. The third-order valence-electron chi connectivity index (χ3n) is 3.55. The molecule has 0 saturated carbocycles. The molecule has 2 heterocycles. The number of aromatic nitrogens is 3. The van der Waals surface area contributed by atoms with Crippen LogP contribution in [0.5, 0.6) is 0 Å². The summed E-state index contributed by atoms with van der Waals surface area (Å²) in [4.78, 5) is 6.93. The molecule has 0 spiro atoms. The Morgan fingerprint density at radius 3 is 2.40 bits per heavy atom. The van der Waals surface area contributed by atoms with Crippen LogP contribution in [0.2, 0.25) is 5.02 Å². The highest BCUT2D eigenvalue weighted by atomic mass is 35.5. The van der Waals surface area contributed by atoms with E-state index in [-0.39, 0.29) is 0 Å². The molecule has 1 aliphatic heterocycles. The first kappa shape index (κ1) is 13.3. The van der Waals surface area contributed by atoms with Crippen molar-refractivity contribution in [3.63, 3.8) is 0 Å². The average molecular weight is 289 g/mol. The maximum atomic E-state index is 5.95. The minimum Gasteiger partial charge on any atom is -0.355 e. The van der Waals surface area contributed by atoms with Crippen molar-refractivity contribution >= 4 is 17.4 Å². The minimum absolute atomic E-state index is 0.711. The molecule has 0 N–H and O–H groups in total. The van der Waals surface area contributed by atoms with Gasteiger partial charge in [0, 0.05) is 23.7 Å². The second-order valence-corrected chi connectivity index (χ2v) is 5.52. The molecule has 1 aromatic heterocycles. The van der Waals surface area contributed by atoms with Gasteiger partial charge < -0.3 is 4.90 Å². The number of benzene rings is 1. The molecule has 20 heavy (non-hydrogen) atoms. The van der Waals surface area contributed by atoms with Crippen molar-refractivity contribution in [1.29, 1.82) is 0 Å². The highest BCUT2D eigenvalue weighted by Gasteiger charge is 2.18. The molecule has 0 amide bonds. The largest absolute Gasteiger partial charge is 0.355 e. The van der Waals surface area contributed by atoms with Gasteiger partial charge in [-0.25, -0.2) is 4.98 Å². The zero-order valence-electron chi connectivity index (χ0n) is 11.5. The van der Waals surface area contributed by atoms with E-state index in [4.69, 9.17) is 11.6 Å². The highest BCUT2D eigenvalue weighted by molar-refractivity contribution is 6.30. The summed E-state index contributed by atoms with van der Waals surface area (Å²) in [6.07, 6.45) is 3.72. The van der Waals surface area contributed by atoms with Gasteiger partial charge in [0.2, 0.25) is 0 Å². The summed E-state index contributed by atoms with van der Waals surface area (Å²) in [6, 6.07) is 7.68. The van der Waals surface area contributed by atoms with Crippen LogP contribution in [0.4, 0.5) is 5.82 Å². The first-order valence-corrected chi connectivity index (χ1v) is 7.34. The maximum absolute atomic E-state index is 5.95. The number of nitrogens with zero attached hydrogens (tertiary/aromatic N) is 4. The first-order chi connectivity index (χ1) is 9.74. The summed E-state index contributed by atoms with van der Waals surface area (Å²) in [5.74, 6) is 1.66. The number of anilines is 1. The van der Waals surface area contributed by atoms with Crippen LogP contribution in [0, 0.1) is 6.92 Å². The predicted molar refractivity (Wildman–Crippen MR) is 81.1 cm³/mol. The SMILES string of the molecule is Cc1nnc(-c2ccc(Cl)cc2)c(N2CCCCC2)n1. The van der Waals surface area contributed by atoms with E-state index in [1.807, 2.05) is 31.2 Å². The van der Waals surface area contributed by atoms with Gasteiger partial charge in [0.25, 0.3) is 0 Å². The standard InChI is InChI=1S/C15H17ClN4/c1-11-17-15(20-9-3-2-4-10-20)14(19-18-11)12-5-7-13(16)8-6-12/h5-8H,2-4,9-10H2,1H3. The number of rotatable bonds is 2. The van der Waals surface area contributed by atoms with E-state index in [2.05, 4.69) is 20.1 Å². The maximum Gasteiger partial charge on any atom is 0.159 e. The van der Waals surface area contributed by atoms with Gasteiger partial charge in [0.05, 0.1) is 0 Å². The topological polar surface area (TPSA) is 41.9 Å². The predicted octanol–water partition coefficient (Wildman–Crippen LogP) is 3.49. The Hall–Kier alpha value is -1.68. The Balaban J connectivity index is 2.03. The normalized spacial score (nSPS) is 15.4. The summed E-state index contributed by atoms with van der Waals surface area (Å²) >= 11 is 5.95. The fraction of sp³-hybridized carbons (Fsp3) is 0.400. The van der Waals surface area contributed by atoms with Crippen molar-refractivity contribution in [3.8, 4) is 11.3 Å². The molecule has 0 aliphatic carbocycles. The fourth-order valence-corrected chi connectivity index (χ4v) is 2.64. The van der Waals surface area contributed by atoms with E-state index < -0.39 is 0 Å². The molecule has 0 unspecified atom stereocenters. The molecular formula is C15H17ClN4. The molecule has 0 radical (unpaired) electrons. The fourth-order valence-electron chi connectivity index (χ4n) is 2.52.